The summed E-state index contributed by atoms with van der Waals surface area (Å²) in [6.45, 7) is 6.69. The summed E-state index contributed by atoms with van der Waals surface area (Å²) in [7, 11) is 0. The van der Waals surface area contributed by atoms with Crippen molar-refractivity contribution in [3.63, 3.8) is 0 Å². The summed E-state index contributed by atoms with van der Waals surface area (Å²) in [4.78, 5) is 22.0. The molecule has 1 aliphatic rings. The van der Waals surface area contributed by atoms with E-state index in [2.05, 4.69) is 16.0 Å². The molecule has 0 radical (unpaired) electrons. The van der Waals surface area contributed by atoms with Gasteiger partial charge in [-0.2, -0.15) is 0 Å². The number of amides is 1. The third kappa shape index (κ3) is 5.73. The zero-order chi connectivity index (χ0) is 21.1. The van der Waals surface area contributed by atoms with Gasteiger partial charge in [0.1, 0.15) is 5.82 Å². The van der Waals surface area contributed by atoms with E-state index in [9.17, 15) is 9.18 Å². The summed E-state index contributed by atoms with van der Waals surface area (Å²) in [6, 6.07) is 9.90. The maximum atomic E-state index is 13.5. The number of rotatable bonds is 6. The molecule has 0 aliphatic carbocycles. The van der Waals surface area contributed by atoms with Gasteiger partial charge in [-0.3, -0.25) is 14.6 Å². The lowest BCUT2D eigenvalue weighted by Crippen LogP contribution is -2.39. The minimum absolute atomic E-state index is 0. The van der Waals surface area contributed by atoms with Crippen LogP contribution in [0.25, 0.3) is 10.2 Å². The number of anilines is 1. The van der Waals surface area contributed by atoms with Gasteiger partial charge in [-0.25, -0.2) is 9.37 Å². The summed E-state index contributed by atoms with van der Waals surface area (Å²) < 4.78 is 19.9. The van der Waals surface area contributed by atoms with Crippen molar-refractivity contribution >= 4 is 56.6 Å². The Bertz CT molecular complexity index is 1060. The molecule has 1 aliphatic heterocycles. The molecule has 166 valence electrons. The van der Waals surface area contributed by atoms with E-state index >= 15 is 0 Å². The van der Waals surface area contributed by atoms with Gasteiger partial charge in [-0.15, -0.1) is 12.4 Å². The van der Waals surface area contributed by atoms with Crippen LogP contribution in [0.3, 0.4) is 0 Å². The second kappa shape index (κ2) is 10.7. The van der Waals surface area contributed by atoms with Gasteiger partial charge in [0.2, 0.25) is 0 Å². The number of hydrogen-bond acceptors (Lipinski definition) is 5. The number of ether oxygens (including phenoxy) is 1. The van der Waals surface area contributed by atoms with Crippen molar-refractivity contribution in [3.8, 4) is 0 Å². The Balaban J connectivity index is 0.00000272. The molecule has 0 atom stereocenters. The summed E-state index contributed by atoms with van der Waals surface area (Å²) in [5.41, 5.74) is 2.28. The first-order chi connectivity index (χ1) is 14.5. The first kappa shape index (κ1) is 23.9. The van der Waals surface area contributed by atoms with Gasteiger partial charge in [0.05, 0.1) is 34.0 Å². The van der Waals surface area contributed by atoms with Gasteiger partial charge in [0.25, 0.3) is 5.91 Å². The second-order valence-corrected chi connectivity index (χ2v) is 8.77. The molecule has 2 aromatic carbocycles. The van der Waals surface area contributed by atoms with Crippen molar-refractivity contribution in [2.75, 3.05) is 44.3 Å². The number of fused-ring (bicyclic) bond motifs is 1. The smallest absolute Gasteiger partial charge is 0.261 e. The second-order valence-electron chi connectivity index (χ2n) is 7.36. The quantitative estimate of drug-likeness (QED) is 0.483. The Hall–Kier alpha value is -1.77. The van der Waals surface area contributed by atoms with Crippen LogP contribution in [0.2, 0.25) is 5.02 Å². The van der Waals surface area contributed by atoms with Crippen LogP contribution in [0.15, 0.2) is 36.4 Å². The lowest BCUT2D eigenvalue weighted by atomic mass is 10.2. The fourth-order valence-electron chi connectivity index (χ4n) is 3.50. The highest BCUT2D eigenvalue weighted by Crippen LogP contribution is 2.31. The molecule has 0 bridgehead atoms. The van der Waals surface area contributed by atoms with Gasteiger partial charge in [-0.05, 0) is 49.2 Å². The SMILES string of the molecule is Cc1ccc2nc(N(CCCN3CCOCC3)C(=O)c3ccc(F)cc3Cl)sc2c1.Cl. The number of aromatic nitrogens is 1. The van der Waals surface area contributed by atoms with E-state index in [4.69, 9.17) is 16.3 Å². The van der Waals surface area contributed by atoms with E-state index in [1.165, 1.54) is 29.5 Å². The minimum atomic E-state index is -0.467. The number of carbonyl (C=O) groups excluding carboxylic acids is 1. The van der Waals surface area contributed by atoms with Crippen LogP contribution in [-0.2, 0) is 4.74 Å². The highest BCUT2D eigenvalue weighted by Gasteiger charge is 2.24. The number of nitrogens with zero attached hydrogens (tertiary/aromatic N) is 3. The van der Waals surface area contributed by atoms with Crippen LogP contribution >= 0.6 is 35.3 Å². The molecule has 31 heavy (non-hydrogen) atoms. The maximum Gasteiger partial charge on any atom is 0.261 e. The number of morpholine rings is 1. The number of carbonyl (C=O) groups is 1. The van der Waals surface area contributed by atoms with Crippen LogP contribution in [0, 0.1) is 12.7 Å². The van der Waals surface area contributed by atoms with E-state index in [-0.39, 0.29) is 28.9 Å². The topological polar surface area (TPSA) is 45.7 Å². The van der Waals surface area contributed by atoms with Crippen molar-refractivity contribution < 1.29 is 13.9 Å². The summed E-state index contributed by atoms with van der Waals surface area (Å²) in [5.74, 6) is -0.733. The maximum absolute atomic E-state index is 13.5. The molecule has 1 saturated heterocycles. The fraction of sp³-hybridized carbons (Fsp3) is 0.364. The van der Waals surface area contributed by atoms with Crippen molar-refractivity contribution in [1.29, 1.82) is 0 Å². The van der Waals surface area contributed by atoms with E-state index < -0.39 is 5.82 Å². The van der Waals surface area contributed by atoms with E-state index in [1.807, 2.05) is 19.1 Å². The fourth-order valence-corrected chi connectivity index (χ4v) is 4.84. The average Bonchev–Trinajstić information content (AvgIpc) is 3.14. The number of halogens is 3. The normalized spacial score (nSPS) is 14.4. The molecule has 5 nitrogen and oxygen atoms in total. The Labute approximate surface area is 196 Å². The zero-order valence-electron chi connectivity index (χ0n) is 17.1. The van der Waals surface area contributed by atoms with Crippen molar-refractivity contribution in [2.24, 2.45) is 0 Å². The predicted octanol–water partition coefficient (Wildman–Crippen LogP) is 5.19. The third-order valence-electron chi connectivity index (χ3n) is 5.13. The van der Waals surface area contributed by atoms with Gasteiger partial charge in [-0.1, -0.05) is 29.0 Å². The Kier molecular flexibility index (Phi) is 8.24. The Morgan fingerprint density at radius 2 is 2.03 bits per heavy atom. The van der Waals surface area contributed by atoms with Crippen molar-refractivity contribution in [3.05, 3.63) is 58.4 Å². The number of thiazole rings is 1. The first-order valence-electron chi connectivity index (χ1n) is 9.95. The molecule has 1 fully saturated rings. The Morgan fingerprint density at radius 1 is 1.26 bits per heavy atom. The van der Waals surface area contributed by atoms with Crippen LogP contribution < -0.4 is 4.90 Å². The van der Waals surface area contributed by atoms with E-state index in [1.54, 1.807) is 4.90 Å². The number of benzene rings is 2. The van der Waals surface area contributed by atoms with Gasteiger partial charge < -0.3 is 4.74 Å². The number of aryl methyl sites for hydroxylation is 1. The molecule has 3 aromatic rings. The highest BCUT2D eigenvalue weighted by molar-refractivity contribution is 7.22. The summed E-state index contributed by atoms with van der Waals surface area (Å²) in [6.07, 6.45) is 0.791. The number of hydrogen-bond donors (Lipinski definition) is 0. The standard InChI is InChI=1S/C22H23ClFN3O2S.ClH/c1-15-3-6-19-20(13-15)30-22(25-19)27(8-2-7-26-9-11-29-12-10-26)21(28)17-5-4-16(24)14-18(17)23;/h3-6,13-14H,2,7-12H2,1H3;1H. The van der Waals surface area contributed by atoms with Gasteiger partial charge in [0, 0.05) is 26.2 Å². The molecular formula is C22H24Cl2FN3O2S. The van der Waals surface area contributed by atoms with Gasteiger partial charge in [0.15, 0.2) is 5.13 Å². The van der Waals surface area contributed by atoms with Crippen molar-refractivity contribution in [2.45, 2.75) is 13.3 Å². The monoisotopic (exact) mass is 483 g/mol. The van der Waals surface area contributed by atoms with Crippen LogP contribution in [-0.4, -0.2) is 55.2 Å². The van der Waals surface area contributed by atoms with Crippen LogP contribution in [0.5, 0.6) is 0 Å². The van der Waals surface area contributed by atoms with Crippen LogP contribution in [0.1, 0.15) is 22.3 Å². The molecule has 0 spiro atoms. The Morgan fingerprint density at radius 3 is 2.77 bits per heavy atom. The molecule has 9 heteroatoms. The van der Waals surface area contributed by atoms with Gasteiger partial charge >= 0.3 is 0 Å². The average molecular weight is 484 g/mol. The largest absolute Gasteiger partial charge is 0.379 e. The molecule has 1 amide bonds. The molecule has 0 N–H and O–H groups in total. The molecule has 0 unspecified atom stereocenters. The molecule has 4 rings (SSSR count). The van der Waals surface area contributed by atoms with Crippen LogP contribution in [0.4, 0.5) is 9.52 Å². The highest BCUT2D eigenvalue weighted by atomic mass is 35.5. The predicted molar refractivity (Wildman–Crippen MR) is 127 cm³/mol. The van der Waals surface area contributed by atoms with E-state index in [0.29, 0.717) is 11.7 Å². The lowest BCUT2D eigenvalue weighted by Gasteiger charge is -2.27. The molecule has 2 heterocycles. The molecule has 1 aromatic heterocycles. The minimum Gasteiger partial charge on any atom is -0.379 e. The first-order valence-corrected chi connectivity index (χ1v) is 11.1. The molecule has 0 saturated carbocycles. The molecular weight excluding hydrogens is 460 g/mol. The zero-order valence-corrected chi connectivity index (χ0v) is 19.5. The third-order valence-corrected chi connectivity index (χ3v) is 6.48. The lowest BCUT2D eigenvalue weighted by molar-refractivity contribution is 0.0376. The van der Waals surface area contributed by atoms with Crippen molar-refractivity contribution in [1.82, 2.24) is 9.88 Å². The summed E-state index contributed by atoms with van der Waals surface area (Å²) >= 11 is 7.67. The summed E-state index contributed by atoms with van der Waals surface area (Å²) in [5, 5.41) is 0.734. The van der Waals surface area contributed by atoms with E-state index in [0.717, 1.165) is 55.0 Å².